The maximum absolute atomic E-state index is 12.3. The fourth-order valence-corrected chi connectivity index (χ4v) is 1.12. The monoisotopic (exact) mass is 220 g/mol. The lowest BCUT2D eigenvalue weighted by molar-refractivity contribution is -0.387. The van der Waals surface area contributed by atoms with E-state index in [1.54, 1.807) is 4.98 Å². The SMILES string of the molecule is O=c1cc(CO)c([N+](=O)[O-])c(C(F)F)[nH]1. The zero-order valence-electron chi connectivity index (χ0n) is 7.24. The number of nitrogens with zero attached hydrogens (tertiary/aromatic N) is 1. The zero-order chi connectivity index (χ0) is 11.6. The first-order valence-corrected chi connectivity index (χ1v) is 3.77. The molecule has 0 atom stereocenters. The van der Waals surface area contributed by atoms with Crippen LogP contribution in [0.1, 0.15) is 17.7 Å². The van der Waals surface area contributed by atoms with Gasteiger partial charge in [0.2, 0.25) is 5.56 Å². The molecule has 0 saturated heterocycles. The van der Waals surface area contributed by atoms with E-state index in [1.165, 1.54) is 0 Å². The van der Waals surface area contributed by atoms with Crippen molar-refractivity contribution < 1.29 is 18.8 Å². The third kappa shape index (κ3) is 2.15. The number of pyridine rings is 1. The summed E-state index contributed by atoms with van der Waals surface area (Å²) in [5.74, 6) is 0. The molecular formula is C7H6F2N2O4. The van der Waals surface area contributed by atoms with E-state index in [2.05, 4.69) is 0 Å². The third-order valence-electron chi connectivity index (χ3n) is 1.69. The van der Waals surface area contributed by atoms with Gasteiger partial charge in [-0.15, -0.1) is 0 Å². The molecule has 1 aromatic rings. The lowest BCUT2D eigenvalue weighted by Gasteiger charge is -2.04. The van der Waals surface area contributed by atoms with Gasteiger partial charge in [0.25, 0.3) is 12.1 Å². The number of halogens is 2. The Morgan fingerprint density at radius 3 is 2.60 bits per heavy atom. The molecule has 1 heterocycles. The van der Waals surface area contributed by atoms with Gasteiger partial charge in [0.05, 0.1) is 17.1 Å². The lowest BCUT2D eigenvalue weighted by atomic mass is 10.2. The number of aliphatic hydroxyl groups excluding tert-OH is 1. The Bertz CT molecular complexity index is 443. The highest BCUT2D eigenvalue weighted by molar-refractivity contribution is 5.43. The van der Waals surface area contributed by atoms with Crippen molar-refractivity contribution in [2.45, 2.75) is 13.0 Å². The number of hydrogen-bond acceptors (Lipinski definition) is 4. The Labute approximate surface area is 81.3 Å². The molecule has 2 N–H and O–H groups in total. The molecule has 0 aromatic carbocycles. The van der Waals surface area contributed by atoms with E-state index < -0.39 is 40.5 Å². The molecule has 0 saturated carbocycles. The van der Waals surface area contributed by atoms with Gasteiger partial charge in [-0.25, -0.2) is 8.78 Å². The number of hydrogen-bond donors (Lipinski definition) is 2. The van der Waals surface area contributed by atoms with E-state index in [-0.39, 0.29) is 0 Å². The Balaban J connectivity index is 3.54. The van der Waals surface area contributed by atoms with Gasteiger partial charge < -0.3 is 10.1 Å². The van der Waals surface area contributed by atoms with Crippen molar-refractivity contribution in [1.82, 2.24) is 4.98 Å². The molecule has 0 fully saturated rings. The normalized spacial score (nSPS) is 10.7. The van der Waals surface area contributed by atoms with Gasteiger partial charge in [0.15, 0.2) is 5.69 Å². The van der Waals surface area contributed by atoms with Crippen LogP contribution in [0.15, 0.2) is 10.9 Å². The van der Waals surface area contributed by atoms with Crippen LogP contribution in [0.4, 0.5) is 14.5 Å². The molecule has 15 heavy (non-hydrogen) atoms. The Morgan fingerprint density at radius 1 is 1.60 bits per heavy atom. The van der Waals surface area contributed by atoms with Crippen molar-refractivity contribution in [1.29, 1.82) is 0 Å². The third-order valence-corrected chi connectivity index (χ3v) is 1.69. The number of rotatable bonds is 3. The first-order chi connectivity index (χ1) is 6.97. The van der Waals surface area contributed by atoms with Crippen molar-refractivity contribution >= 4 is 5.69 Å². The van der Waals surface area contributed by atoms with Crippen molar-refractivity contribution in [3.05, 3.63) is 37.8 Å². The fourth-order valence-electron chi connectivity index (χ4n) is 1.12. The molecule has 0 unspecified atom stereocenters. The smallest absolute Gasteiger partial charge is 0.300 e. The van der Waals surface area contributed by atoms with E-state index >= 15 is 0 Å². The number of nitro groups is 1. The van der Waals surface area contributed by atoms with E-state index in [9.17, 15) is 23.7 Å². The van der Waals surface area contributed by atoms with Gasteiger partial charge in [-0.3, -0.25) is 14.9 Å². The first kappa shape index (κ1) is 11.2. The lowest BCUT2D eigenvalue weighted by Crippen LogP contribution is -2.14. The average molecular weight is 220 g/mol. The van der Waals surface area contributed by atoms with Crippen LogP contribution in [0.25, 0.3) is 0 Å². The standard InChI is InChI=1S/C7H6F2N2O4/c8-7(9)5-6(11(14)15)3(2-12)1-4(13)10-5/h1,7,12H,2H2,(H,10,13). The minimum absolute atomic E-state index is 0.431. The van der Waals surface area contributed by atoms with Crippen molar-refractivity contribution in [2.75, 3.05) is 0 Å². The molecule has 8 heteroatoms. The summed E-state index contributed by atoms with van der Waals surface area (Å²) in [5, 5.41) is 19.2. The van der Waals surface area contributed by atoms with E-state index in [0.29, 0.717) is 6.07 Å². The topological polar surface area (TPSA) is 96.2 Å². The van der Waals surface area contributed by atoms with Gasteiger partial charge in [-0.1, -0.05) is 0 Å². The second-order valence-electron chi connectivity index (χ2n) is 2.64. The molecule has 0 radical (unpaired) electrons. The molecule has 0 aliphatic heterocycles. The van der Waals surface area contributed by atoms with Gasteiger partial charge in [-0.05, 0) is 0 Å². The summed E-state index contributed by atoms with van der Waals surface area (Å²) in [5.41, 5.74) is -3.39. The van der Waals surface area contributed by atoms with Gasteiger partial charge in [0, 0.05) is 6.07 Å². The summed E-state index contributed by atoms with van der Waals surface area (Å²) in [6.07, 6.45) is -3.18. The van der Waals surface area contributed by atoms with E-state index in [0.717, 1.165) is 0 Å². The van der Waals surface area contributed by atoms with Crippen LogP contribution in [-0.2, 0) is 6.61 Å². The molecule has 0 aliphatic carbocycles. The second kappa shape index (κ2) is 4.13. The largest absolute Gasteiger partial charge is 0.391 e. The minimum Gasteiger partial charge on any atom is -0.391 e. The fraction of sp³-hybridized carbons (Fsp3) is 0.286. The highest BCUT2D eigenvalue weighted by Gasteiger charge is 2.26. The molecule has 6 nitrogen and oxygen atoms in total. The second-order valence-corrected chi connectivity index (χ2v) is 2.64. The Morgan fingerprint density at radius 2 is 2.20 bits per heavy atom. The molecule has 0 bridgehead atoms. The van der Waals surface area contributed by atoms with Crippen molar-refractivity contribution in [3.63, 3.8) is 0 Å². The maximum Gasteiger partial charge on any atom is 0.300 e. The molecule has 0 spiro atoms. The molecular weight excluding hydrogens is 214 g/mol. The molecule has 1 aromatic heterocycles. The number of aromatic amines is 1. The zero-order valence-corrected chi connectivity index (χ0v) is 7.24. The highest BCUT2D eigenvalue weighted by Crippen LogP contribution is 2.28. The van der Waals surface area contributed by atoms with Crippen LogP contribution in [-0.4, -0.2) is 15.0 Å². The Hall–Kier alpha value is -1.83. The summed E-state index contributed by atoms with van der Waals surface area (Å²) >= 11 is 0. The van der Waals surface area contributed by atoms with Crippen LogP contribution >= 0.6 is 0 Å². The summed E-state index contributed by atoms with van der Waals surface area (Å²) in [6, 6.07) is 0.712. The van der Waals surface area contributed by atoms with Gasteiger partial charge >= 0.3 is 0 Å². The summed E-state index contributed by atoms with van der Waals surface area (Å²) in [7, 11) is 0. The number of aromatic nitrogens is 1. The van der Waals surface area contributed by atoms with Crippen molar-refractivity contribution in [3.8, 4) is 0 Å². The van der Waals surface area contributed by atoms with E-state index in [1.807, 2.05) is 0 Å². The Kier molecular flexibility index (Phi) is 3.10. The van der Waals surface area contributed by atoms with Crippen LogP contribution in [0.2, 0.25) is 0 Å². The highest BCUT2D eigenvalue weighted by atomic mass is 19.3. The van der Waals surface area contributed by atoms with E-state index in [4.69, 9.17) is 5.11 Å². The summed E-state index contributed by atoms with van der Waals surface area (Å²) < 4.78 is 24.7. The average Bonchev–Trinajstić information content (AvgIpc) is 2.15. The van der Waals surface area contributed by atoms with Crippen molar-refractivity contribution in [2.24, 2.45) is 0 Å². The van der Waals surface area contributed by atoms with Gasteiger partial charge in [0.1, 0.15) is 0 Å². The number of nitrogens with one attached hydrogen (secondary N) is 1. The van der Waals surface area contributed by atoms with Crippen LogP contribution in [0.3, 0.4) is 0 Å². The minimum atomic E-state index is -3.18. The number of alkyl halides is 2. The molecule has 1 rings (SSSR count). The first-order valence-electron chi connectivity index (χ1n) is 3.77. The van der Waals surface area contributed by atoms with Crippen LogP contribution in [0, 0.1) is 10.1 Å². The van der Waals surface area contributed by atoms with Gasteiger partial charge in [-0.2, -0.15) is 0 Å². The van der Waals surface area contributed by atoms with Crippen LogP contribution in [0.5, 0.6) is 0 Å². The molecule has 0 aliphatic rings. The predicted molar refractivity (Wildman–Crippen MR) is 44.6 cm³/mol. The molecule has 0 amide bonds. The summed E-state index contributed by atoms with van der Waals surface area (Å²) in [6.45, 7) is -0.847. The maximum atomic E-state index is 12.3. The van der Waals surface area contributed by atoms with Crippen LogP contribution < -0.4 is 5.56 Å². The number of aliphatic hydroxyl groups is 1. The summed E-state index contributed by atoms with van der Waals surface area (Å²) in [4.78, 5) is 21.9. The number of H-pyrrole nitrogens is 1. The predicted octanol–water partition coefficient (Wildman–Crippen LogP) is 0.713. The molecule has 82 valence electrons. The quantitative estimate of drug-likeness (QED) is 0.579.